The van der Waals surface area contributed by atoms with Crippen LogP contribution in [0.4, 0.5) is 0 Å². The minimum absolute atomic E-state index is 0.0329. The second kappa shape index (κ2) is 7.01. The van der Waals surface area contributed by atoms with Crippen LogP contribution in [0.1, 0.15) is 26.2 Å². The number of ether oxygens (including phenoxy) is 2. The van der Waals surface area contributed by atoms with Crippen LogP contribution in [0, 0.1) is 0 Å². The minimum atomic E-state index is -0.194. The molecule has 1 aliphatic heterocycles. The van der Waals surface area contributed by atoms with E-state index in [1.165, 1.54) is 0 Å². The lowest BCUT2D eigenvalue weighted by atomic mass is 10.1. The van der Waals surface area contributed by atoms with Crippen molar-refractivity contribution in [3.05, 3.63) is 11.6 Å². The average Bonchev–Trinajstić information content (AvgIpc) is 2.27. The maximum absolute atomic E-state index is 11.7. The van der Waals surface area contributed by atoms with Crippen LogP contribution in [0.15, 0.2) is 11.6 Å². The van der Waals surface area contributed by atoms with Crippen LogP contribution in [0.3, 0.4) is 0 Å². The van der Waals surface area contributed by atoms with Gasteiger partial charge in [0.05, 0.1) is 13.2 Å². The van der Waals surface area contributed by atoms with Crippen molar-refractivity contribution in [3.8, 4) is 0 Å². The molecule has 1 rings (SSSR count). The molecule has 4 heteroatoms. The SMILES string of the molecule is CC/C=C(\CBr)C(=O)OC1CCOCC1. The van der Waals surface area contributed by atoms with Crippen molar-refractivity contribution < 1.29 is 14.3 Å². The molecule has 0 amide bonds. The highest BCUT2D eigenvalue weighted by atomic mass is 79.9. The van der Waals surface area contributed by atoms with E-state index in [-0.39, 0.29) is 12.1 Å². The molecule has 0 atom stereocenters. The lowest BCUT2D eigenvalue weighted by Crippen LogP contribution is -2.27. The predicted octanol–water partition coefficient (Wildman–Crippen LogP) is 2.44. The Kier molecular flexibility index (Phi) is 5.95. The summed E-state index contributed by atoms with van der Waals surface area (Å²) >= 11 is 3.29. The maximum Gasteiger partial charge on any atom is 0.334 e. The first kappa shape index (κ1) is 12.7. The zero-order valence-corrected chi connectivity index (χ0v) is 10.6. The Bertz CT molecular complexity index is 232. The molecule has 0 aliphatic carbocycles. The fourth-order valence-electron chi connectivity index (χ4n) is 1.46. The number of alkyl halides is 1. The average molecular weight is 277 g/mol. The van der Waals surface area contributed by atoms with Crippen molar-refractivity contribution in [2.45, 2.75) is 32.3 Å². The van der Waals surface area contributed by atoms with Crippen molar-refractivity contribution in [3.63, 3.8) is 0 Å². The highest BCUT2D eigenvalue weighted by Crippen LogP contribution is 2.14. The van der Waals surface area contributed by atoms with E-state index in [0.717, 1.165) is 19.3 Å². The summed E-state index contributed by atoms with van der Waals surface area (Å²) in [5.41, 5.74) is 0.712. The summed E-state index contributed by atoms with van der Waals surface area (Å²) in [5, 5.41) is 0.558. The van der Waals surface area contributed by atoms with Gasteiger partial charge in [0, 0.05) is 23.7 Å². The van der Waals surface area contributed by atoms with Gasteiger partial charge < -0.3 is 9.47 Å². The minimum Gasteiger partial charge on any atom is -0.459 e. The highest BCUT2D eigenvalue weighted by Gasteiger charge is 2.19. The maximum atomic E-state index is 11.7. The fourth-order valence-corrected chi connectivity index (χ4v) is 1.92. The highest BCUT2D eigenvalue weighted by molar-refractivity contribution is 9.09. The molecule has 86 valence electrons. The second-order valence-electron chi connectivity index (χ2n) is 3.49. The summed E-state index contributed by atoms with van der Waals surface area (Å²) in [4.78, 5) is 11.7. The van der Waals surface area contributed by atoms with Crippen molar-refractivity contribution in [2.75, 3.05) is 18.5 Å². The van der Waals surface area contributed by atoms with Gasteiger partial charge in [0.1, 0.15) is 6.10 Å². The van der Waals surface area contributed by atoms with Crippen molar-refractivity contribution in [1.29, 1.82) is 0 Å². The molecular formula is C11H17BrO3. The first-order valence-corrected chi connectivity index (χ1v) is 6.43. The van der Waals surface area contributed by atoms with E-state index in [1.54, 1.807) is 0 Å². The van der Waals surface area contributed by atoms with Crippen molar-refractivity contribution >= 4 is 21.9 Å². The molecular weight excluding hydrogens is 260 g/mol. The third-order valence-electron chi connectivity index (χ3n) is 2.30. The van der Waals surface area contributed by atoms with E-state index in [2.05, 4.69) is 15.9 Å². The van der Waals surface area contributed by atoms with Gasteiger partial charge in [0.15, 0.2) is 0 Å². The van der Waals surface area contributed by atoms with Crippen LogP contribution in [-0.2, 0) is 14.3 Å². The lowest BCUT2D eigenvalue weighted by molar-refractivity contribution is -0.148. The van der Waals surface area contributed by atoms with Gasteiger partial charge >= 0.3 is 5.97 Å². The Morgan fingerprint density at radius 1 is 1.53 bits per heavy atom. The Morgan fingerprint density at radius 2 is 2.20 bits per heavy atom. The van der Waals surface area contributed by atoms with Gasteiger partial charge in [-0.25, -0.2) is 4.79 Å². The van der Waals surface area contributed by atoms with Crippen LogP contribution in [-0.4, -0.2) is 30.6 Å². The molecule has 1 heterocycles. The van der Waals surface area contributed by atoms with Gasteiger partial charge in [-0.2, -0.15) is 0 Å². The third-order valence-corrected chi connectivity index (χ3v) is 2.90. The smallest absolute Gasteiger partial charge is 0.334 e. The Morgan fingerprint density at radius 3 is 2.73 bits per heavy atom. The molecule has 0 bridgehead atoms. The molecule has 0 aromatic carbocycles. The summed E-state index contributed by atoms with van der Waals surface area (Å²) < 4.78 is 10.6. The van der Waals surface area contributed by atoms with Gasteiger partial charge in [0.25, 0.3) is 0 Å². The van der Waals surface area contributed by atoms with Gasteiger partial charge in [-0.1, -0.05) is 28.9 Å². The quantitative estimate of drug-likeness (QED) is 0.450. The van der Waals surface area contributed by atoms with E-state index >= 15 is 0 Å². The lowest BCUT2D eigenvalue weighted by Gasteiger charge is -2.22. The third kappa shape index (κ3) is 4.34. The molecule has 1 saturated heterocycles. The number of rotatable bonds is 4. The largest absolute Gasteiger partial charge is 0.459 e. The molecule has 0 aromatic heterocycles. The van der Waals surface area contributed by atoms with Gasteiger partial charge in [-0.05, 0) is 6.42 Å². The van der Waals surface area contributed by atoms with E-state index in [4.69, 9.17) is 9.47 Å². The van der Waals surface area contributed by atoms with E-state index in [9.17, 15) is 4.79 Å². The van der Waals surface area contributed by atoms with E-state index < -0.39 is 0 Å². The monoisotopic (exact) mass is 276 g/mol. The van der Waals surface area contributed by atoms with Gasteiger partial charge in [-0.3, -0.25) is 0 Å². The first-order chi connectivity index (χ1) is 7.27. The number of hydrogen-bond acceptors (Lipinski definition) is 3. The number of carbonyl (C=O) groups excluding carboxylic acids is 1. The topological polar surface area (TPSA) is 35.5 Å². The van der Waals surface area contributed by atoms with Crippen LogP contribution in [0.2, 0.25) is 0 Å². The Labute approximate surface area is 98.9 Å². The van der Waals surface area contributed by atoms with Crippen LogP contribution in [0.25, 0.3) is 0 Å². The molecule has 0 N–H and O–H groups in total. The van der Waals surface area contributed by atoms with Crippen molar-refractivity contribution in [1.82, 2.24) is 0 Å². The summed E-state index contributed by atoms with van der Waals surface area (Å²) in [7, 11) is 0. The van der Waals surface area contributed by atoms with Crippen LogP contribution in [0.5, 0.6) is 0 Å². The number of esters is 1. The summed E-state index contributed by atoms with van der Waals surface area (Å²) in [6.07, 6.45) is 4.41. The van der Waals surface area contributed by atoms with Crippen LogP contribution < -0.4 is 0 Å². The number of allylic oxidation sites excluding steroid dienone is 1. The Balaban J connectivity index is 2.42. The zero-order chi connectivity index (χ0) is 11.1. The Hall–Kier alpha value is -0.350. The molecule has 3 nitrogen and oxygen atoms in total. The second-order valence-corrected chi connectivity index (χ2v) is 4.05. The fraction of sp³-hybridized carbons (Fsp3) is 0.727. The number of halogens is 1. The van der Waals surface area contributed by atoms with Crippen LogP contribution >= 0.6 is 15.9 Å². The molecule has 0 spiro atoms. The van der Waals surface area contributed by atoms with E-state index in [1.807, 2.05) is 13.0 Å². The molecule has 15 heavy (non-hydrogen) atoms. The van der Waals surface area contributed by atoms with Gasteiger partial charge in [0.2, 0.25) is 0 Å². The first-order valence-electron chi connectivity index (χ1n) is 5.31. The molecule has 1 fully saturated rings. The van der Waals surface area contributed by atoms with Gasteiger partial charge in [-0.15, -0.1) is 0 Å². The number of hydrogen-bond donors (Lipinski definition) is 0. The van der Waals surface area contributed by atoms with Crippen molar-refractivity contribution in [2.24, 2.45) is 0 Å². The summed E-state index contributed by atoms with van der Waals surface area (Å²) in [6, 6.07) is 0. The zero-order valence-electron chi connectivity index (χ0n) is 9.00. The molecule has 0 saturated carbocycles. The van der Waals surface area contributed by atoms with E-state index in [0.29, 0.717) is 24.1 Å². The molecule has 0 unspecified atom stereocenters. The summed E-state index contributed by atoms with van der Waals surface area (Å²) in [5.74, 6) is -0.194. The molecule has 1 aliphatic rings. The number of carbonyl (C=O) groups is 1. The summed E-state index contributed by atoms with van der Waals surface area (Å²) in [6.45, 7) is 3.39. The predicted molar refractivity (Wildman–Crippen MR) is 62.1 cm³/mol. The normalized spacial score (nSPS) is 18.9. The molecule has 0 radical (unpaired) electrons. The standard InChI is InChI=1S/C11H17BrO3/c1-2-3-9(8-12)11(13)15-10-4-6-14-7-5-10/h3,10H,2,4-8H2,1H3/b9-3+. The molecule has 0 aromatic rings.